The van der Waals surface area contributed by atoms with E-state index in [9.17, 15) is 5.11 Å². The zero-order valence-electron chi connectivity index (χ0n) is 26.6. The van der Waals surface area contributed by atoms with Crippen molar-refractivity contribution >= 4 is 17.9 Å². The van der Waals surface area contributed by atoms with Crippen molar-refractivity contribution in [3.05, 3.63) is 33.5 Å². The van der Waals surface area contributed by atoms with E-state index >= 15 is 0 Å². The van der Waals surface area contributed by atoms with Crippen molar-refractivity contribution in [2.75, 3.05) is 65.9 Å². The minimum Gasteiger partial charge on any atom is -0.872 e. The summed E-state index contributed by atoms with van der Waals surface area (Å²) in [4.78, 5) is 2.25. The molecule has 2 radical (unpaired) electrons. The van der Waals surface area contributed by atoms with Crippen molar-refractivity contribution in [2.45, 2.75) is 85.1 Å². The summed E-state index contributed by atoms with van der Waals surface area (Å²) in [5, 5.41) is 13.3. The third-order valence-corrected chi connectivity index (χ3v) is 9.48. The Morgan fingerprint density at radius 1 is 0.718 bits per heavy atom. The van der Waals surface area contributed by atoms with Crippen molar-refractivity contribution in [3.8, 4) is 5.75 Å². The average molecular weight is 632 g/mol. The Kier molecular flexibility index (Phi) is 19.8. The van der Waals surface area contributed by atoms with E-state index in [-0.39, 0.29) is 54.0 Å². The summed E-state index contributed by atoms with van der Waals surface area (Å²) < 4.78 is 26.9. The quantitative estimate of drug-likeness (QED) is 0.431. The van der Waals surface area contributed by atoms with Crippen molar-refractivity contribution in [3.63, 3.8) is 0 Å². The summed E-state index contributed by atoms with van der Waals surface area (Å²) in [5.41, 5.74) is 2.71. The van der Waals surface area contributed by atoms with Gasteiger partial charge >= 0.3 is 19.5 Å². The molecular weight excluding hydrogens is 578 g/mol. The molecule has 0 amide bonds. The van der Waals surface area contributed by atoms with Gasteiger partial charge in [0.1, 0.15) is 0 Å². The second kappa shape index (κ2) is 19.9. The topological polar surface area (TPSA) is 77.3 Å². The molecule has 0 aromatic heterocycles. The minimum atomic E-state index is -0.264. The molecule has 0 saturated carbocycles. The Hall–Kier alpha value is -0.163. The fraction of sp³-hybridized carbons (Fsp3) is 0.793. The van der Waals surface area contributed by atoms with Crippen LogP contribution in [0.2, 0.25) is 26.2 Å². The predicted molar refractivity (Wildman–Crippen MR) is 160 cm³/mol. The van der Waals surface area contributed by atoms with Gasteiger partial charge in [-0.15, -0.1) is 5.75 Å². The summed E-state index contributed by atoms with van der Waals surface area (Å²) >= 11 is 0. The summed E-state index contributed by atoms with van der Waals surface area (Å²) in [5.74, 6) is 0.153. The molecule has 220 valence electrons. The first-order valence-electron chi connectivity index (χ1n) is 13.9. The van der Waals surface area contributed by atoms with Gasteiger partial charge in [0.2, 0.25) is 0 Å². The van der Waals surface area contributed by atoms with Crippen LogP contribution < -0.4 is 5.11 Å². The summed E-state index contributed by atoms with van der Waals surface area (Å²) in [6, 6.07) is 4.19. The second-order valence-electron chi connectivity index (χ2n) is 12.2. The van der Waals surface area contributed by atoms with E-state index in [4.69, 9.17) is 18.9 Å². The summed E-state index contributed by atoms with van der Waals surface area (Å²) in [6.07, 6.45) is 0. The average Bonchev–Trinajstić information content (AvgIpc) is 2.78. The van der Waals surface area contributed by atoms with Crippen LogP contribution in [0.25, 0.3) is 4.65 Å². The number of rotatable bonds is 4. The minimum absolute atomic E-state index is 0. The molecule has 1 fully saturated rings. The van der Waals surface area contributed by atoms with E-state index in [1.165, 1.54) is 5.56 Å². The van der Waals surface area contributed by atoms with Crippen molar-refractivity contribution in [2.24, 2.45) is 0 Å². The summed E-state index contributed by atoms with van der Waals surface area (Å²) in [6.45, 7) is 28.5. The molecule has 1 aliphatic heterocycles. The van der Waals surface area contributed by atoms with E-state index in [0.717, 1.165) is 24.2 Å². The van der Waals surface area contributed by atoms with Gasteiger partial charge in [-0.25, -0.2) is 0 Å². The van der Waals surface area contributed by atoms with Crippen LogP contribution in [-0.4, -0.2) is 88.8 Å². The maximum absolute atomic E-state index is 13.3. The van der Waals surface area contributed by atoms with Gasteiger partial charge in [0.05, 0.1) is 52.9 Å². The van der Waals surface area contributed by atoms with E-state index in [0.29, 0.717) is 59.4 Å². The van der Waals surface area contributed by atoms with Gasteiger partial charge in [-0.2, -0.15) is 0 Å². The van der Waals surface area contributed by atoms with Gasteiger partial charge in [-0.1, -0.05) is 97.8 Å². The predicted octanol–water partition coefficient (Wildman–Crippen LogP) is 5.10. The van der Waals surface area contributed by atoms with E-state index < -0.39 is 0 Å². The third kappa shape index (κ3) is 17.4. The van der Waals surface area contributed by atoms with Crippen LogP contribution in [0.5, 0.6) is 5.75 Å². The molecular formula is C29H54N2O5Si2Zn. The number of nitrogens with zero attached hydrogens (tertiary/aromatic N) is 2. The van der Waals surface area contributed by atoms with Crippen LogP contribution in [0.3, 0.4) is 0 Å². The van der Waals surface area contributed by atoms with Gasteiger partial charge in [-0.3, -0.25) is 4.90 Å². The molecule has 2 rings (SSSR count). The van der Waals surface area contributed by atoms with Crippen LogP contribution in [0, 0.1) is 0 Å². The van der Waals surface area contributed by atoms with E-state index in [1.807, 2.05) is 0 Å². The first kappa shape index (κ1) is 38.8. The maximum atomic E-state index is 13.3. The number of hydrogen-bond donors (Lipinski definition) is 0. The molecule has 0 unspecified atom stereocenters. The Labute approximate surface area is 255 Å². The molecule has 1 aromatic carbocycles. The molecule has 1 aromatic rings. The molecule has 1 aliphatic rings. The molecule has 0 bridgehead atoms. The number of hydrogen-bond acceptors (Lipinski definition) is 6. The van der Waals surface area contributed by atoms with Crippen LogP contribution in [0.1, 0.15) is 58.2 Å². The molecule has 0 N–H and O–H groups in total. The molecule has 10 heteroatoms. The normalized spacial score (nSPS) is 17.5. The Morgan fingerprint density at radius 2 is 1.13 bits per heavy atom. The molecule has 0 atom stereocenters. The molecule has 0 spiro atoms. The number of benzene rings is 1. The third-order valence-electron chi connectivity index (χ3n) is 5.90. The van der Waals surface area contributed by atoms with Gasteiger partial charge < -0.3 is 28.7 Å². The zero-order chi connectivity index (χ0) is 28.8. The van der Waals surface area contributed by atoms with Crippen molar-refractivity contribution in [1.29, 1.82) is 0 Å². The first-order chi connectivity index (χ1) is 17.7. The summed E-state index contributed by atoms with van der Waals surface area (Å²) in [7, 11) is -0.528. The number of ether oxygens (including phenoxy) is 4. The first-order valence-corrected chi connectivity index (χ1v) is 18.8. The smallest absolute Gasteiger partial charge is 0.872 e. The van der Waals surface area contributed by atoms with Gasteiger partial charge in [-0.05, 0) is 27.5 Å². The standard InChI is InChI=1S/C25H43NO5.C4H12NSi2.Zn/c1-24(2,3)21-17-20(23(27)22(18-21)25(4,5)6)19-26-7-9-28-11-13-30-15-16-31-14-12-29-10-8-26;1-6(2)5-7(3)4;/h17-18,27H,7-16,19H2,1-6H3;1-4H3;/q;-1;+2/p-1. The van der Waals surface area contributed by atoms with E-state index in [2.05, 4.69) is 89.4 Å². The van der Waals surface area contributed by atoms with Crippen molar-refractivity contribution < 1.29 is 43.5 Å². The molecule has 0 aliphatic carbocycles. The SMILES string of the molecule is CC(C)(C)c1cc(CN2CCOCCOCCOCCOCC2)c([O-])c(C(C)(C)C)c1.C[Si](C)[N-][Si](C)C.[Zn+2]. The van der Waals surface area contributed by atoms with Gasteiger partial charge in [0.25, 0.3) is 0 Å². The fourth-order valence-electron chi connectivity index (χ4n) is 3.90. The van der Waals surface area contributed by atoms with Crippen molar-refractivity contribution in [1.82, 2.24) is 4.90 Å². The zero-order valence-corrected chi connectivity index (χ0v) is 31.5. The molecule has 7 nitrogen and oxygen atoms in total. The van der Waals surface area contributed by atoms with Crippen LogP contribution in [0.4, 0.5) is 0 Å². The Bertz CT molecular complexity index is 764. The second-order valence-corrected chi connectivity index (χ2v) is 16.9. The van der Waals surface area contributed by atoms with E-state index in [1.54, 1.807) is 0 Å². The van der Waals surface area contributed by atoms with Crippen LogP contribution in [0.15, 0.2) is 12.1 Å². The van der Waals surface area contributed by atoms with Crippen LogP contribution in [-0.2, 0) is 55.8 Å². The molecule has 39 heavy (non-hydrogen) atoms. The van der Waals surface area contributed by atoms with Gasteiger partial charge in [0.15, 0.2) is 0 Å². The largest absolute Gasteiger partial charge is 2.00 e. The monoisotopic (exact) mass is 630 g/mol. The maximum Gasteiger partial charge on any atom is 2.00 e. The van der Waals surface area contributed by atoms with Crippen LogP contribution >= 0.6 is 0 Å². The molecule has 1 heterocycles. The fourth-order valence-corrected chi connectivity index (χ4v) is 7.48. The van der Waals surface area contributed by atoms with Gasteiger partial charge in [0, 0.05) is 19.6 Å². The molecule has 1 saturated heterocycles. The Balaban J connectivity index is 0.00000159. The Morgan fingerprint density at radius 3 is 1.46 bits per heavy atom.